The van der Waals surface area contributed by atoms with Gasteiger partial charge in [-0.1, -0.05) is 0 Å². The third kappa shape index (κ3) is 2.64. The van der Waals surface area contributed by atoms with Crippen molar-refractivity contribution in [3.05, 3.63) is 28.8 Å². The zero-order valence-corrected chi connectivity index (χ0v) is 10.7. The average molecular weight is 228 g/mol. The normalized spacial score (nSPS) is 13.0. The fraction of sp³-hybridized carbons (Fsp3) is 0.500. The molecule has 0 radical (unpaired) electrons. The van der Waals surface area contributed by atoms with Gasteiger partial charge in [0, 0.05) is 5.56 Å². The molecule has 0 amide bonds. The van der Waals surface area contributed by atoms with Crippen molar-refractivity contribution in [2.75, 3.05) is 21.2 Å². The van der Waals surface area contributed by atoms with Crippen molar-refractivity contribution in [3.8, 4) is 5.75 Å². The summed E-state index contributed by atoms with van der Waals surface area (Å²) in [5.74, 6) is 0.854. The Balaban J connectivity index is 3.21. The summed E-state index contributed by atoms with van der Waals surface area (Å²) in [4.78, 5) is 1.95. The number of ether oxygens (including phenoxy) is 1. The van der Waals surface area contributed by atoms with Crippen molar-refractivity contribution in [2.45, 2.75) is 19.3 Å². The predicted octanol–water partition coefficient (Wildman–Crippen LogP) is 3.11. The van der Waals surface area contributed by atoms with Crippen LogP contribution in [0.4, 0.5) is 0 Å². The minimum atomic E-state index is -0.153. The van der Waals surface area contributed by atoms with Crippen molar-refractivity contribution in [1.29, 1.82) is 0 Å². The van der Waals surface area contributed by atoms with E-state index in [9.17, 15) is 0 Å². The fourth-order valence-electron chi connectivity index (χ4n) is 1.45. The first-order valence-electron chi connectivity index (χ1n) is 4.93. The van der Waals surface area contributed by atoms with Gasteiger partial charge >= 0.3 is 0 Å². The predicted molar refractivity (Wildman–Crippen MR) is 64.7 cm³/mol. The van der Waals surface area contributed by atoms with Crippen LogP contribution in [0.3, 0.4) is 0 Å². The smallest absolute Gasteiger partial charge is 0.125 e. The molecule has 1 aromatic rings. The molecule has 0 saturated carbocycles. The van der Waals surface area contributed by atoms with E-state index in [1.807, 2.05) is 25.1 Å². The Morgan fingerprint density at radius 3 is 2.20 bits per heavy atom. The maximum atomic E-state index is 6.30. The van der Waals surface area contributed by atoms with Crippen molar-refractivity contribution in [2.24, 2.45) is 0 Å². The number of methoxy groups -OCH3 is 1. The van der Waals surface area contributed by atoms with Gasteiger partial charge in [-0.2, -0.15) is 0 Å². The highest BCUT2D eigenvalue weighted by Gasteiger charge is 2.16. The lowest BCUT2D eigenvalue weighted by molar-refractivity contribution is 0.360. The molecule has 1 unspecified atom stereocenters. The highest BCUT2D eigenvalue weighted by Crippen LogP contribution is 2.33. The van der Waals surface area contributed by atoms with Gasteiger partial charge in [0.05, 0.1) is 7.11 Å². The van der Waals surface area contributed by atoms with E-state index < -0.39 is 0 Å². The molecule has 0 aliphatic carbocycles. The monoisotopic (exact) mass is 227 g/mol. The van der Waals surface area contributed by atoms with Gasteiger partial charge in [0.1, 0.15) is 11.3 Å². The Bertz CT molecular complexity index is 350. The summed E-state index contributed by atoms with van der Waals surface area (Å²) in [5.41, 5.74) is 3.32. The number of nitrogens with zero attached hydrogens (tertiary/aromatic N) is 1. The summed E-state index contributed by atoms with van der Waals surface area (Å²) in [6, 6.07) is 4.12. The summed E-state index contributed by atoms with van der Waals surface area (Å²) in [5, 5.41) is 0. The van der Waals surface area contributed by atoms with Gasteiger partial charge in [0.25, 0.3) is 0 Å². The zero-order chi connectivity index (χ0) is 11.6. The van der Waals surface area contributed by atoms with Crippen LogP contribution in [0, 0.1) is 13.8 Å². The van der Waals surface area contributed by atoms with Gasteiger partial charge in [-0.15, -0.1) is 11.6 Å². The molecule has 0 aliphatic heterocycles. The quantitative estimate of drug-likeness (QED) is 0.581. The molecule has 84 valence electrons. The number of rotatable bonds is 3. The molecular formula is C12H18ClNO. The molecule has 1 atom stereocenters. The molecule has 0 heterocycles. The topological polar surface area (TPSA) is 12.5 Å². The first kappa shape index (κ1) is 12.3. The lowest BCUT2D eigenvalue weighted by Gasteiger charge is -2.21. The molecule has 0 N–H and O–H groups in total. The van der Waals surface area contributed by atoms with Crippen molar-refractivity contribution >= 4 is 11.6 Å². The molecule has 2 nitrogen and oxygen atoms in total. The summed E-state index contributed by atoms with van der Waals surface area (Å²) < 4.78 is 5.34. The Hall–Kier alpha value is -0.730. The molecule has 0 bridgehead atoms. The lowest BCUT2D eigenvalue weighted by Crippen LogP contribution is -2.15. The standard InChI is InChI=1S/C12H18ClNO/c1-8-6-10(12(13)14(3)4)11(15-5)7-9(8)2/h6-7,12H,1-5H3. The minimum absolute atomic E-state index is 0.153. The largest absolute Gasteiger partial charge is 0.496 e. The molecule has 0 aromatic heterocycles. The van der Waals surface area contributed by atoms with Crippen LogP contribution in [0.15, 0.2) is 12.1 Å². The molecule has 1 rings (SSSR count). The number of hydrogen-bond acceptors (Lipinski definition) is 2. The van der Waals surface area contributed by atoms with Crippen LogP contribution >= 0.6 is 11.6 Å². The number of hydrogen-bond donors (Lipinski definition) is 0. The van der Waals surface area contributed by atoms with Crippen LogP contribution in [0.25, 0.3) is 0 Å². The fourth-order valence-corrected chi connectivity index (χ4v) is 1.62. The van der Waals surface area contributed by atoms with Gasteiger partial charge < -0.3 is 4.74 Å². The molecule has 1 aromatic carbocycles. The van der Waals surface area contributed by atoms with Gasteiger partial charge in [0.2, 0.25) is 0 Å². The van der Waals surface area contributed by atoms with Gasteiger partial charge in [-0.05, 0) is 51.2 Å². The van der Waals surface area contributed by atoms with Gasteiger partial charge in [0.15, 0.2) is 0 Å². The van der Waals surface area contributed by atoms with Crippen LogP contribution < -0.4 is 4.74 Å². The molecule has 0 aliphatic rings. The Labute approximate surface area is 96.8 Å². The van der Waals surface area contributed by atoms with Crippen LogP contribution in [-0.2, 0) is 0 Å². The maximum Gasteiger partial charge on any atom is 0.125 e. The van der Waals surface area contributed by atoms with E-state index in [1.54, 1.807) is 7.11 Å². The van der Waals surface area contributed by atoms with Gasteiger partial charge in [-0.25, -0.2) is 0 Å². The first-order chi connectivity index (χ1) is 6.97. The SMILES string of the molecule is COc1cc(C)c(C)cc1C(Cl)N(C)C. The summed E-state index contributed by atoms with van der Waals surface area (Å²) in [6.07, 6.45) is 0. The average Bonchev–Trinajstić information content (AvgIpc) is 2.20. The third-order valence-corrected chi connectivity index (χ3v) is 3.18. The molecular weight excluding hydrogens is 210 g/mol. The van der Waals surface area contributed by atoms with Crippen LogP contribution in [-0.4, -0.2) is 26.1 Å². The van der Waals surface area contributed by atoms with E-state index in [-0.39, 0.29) is 5.50 Å². The second-order valence-electron chi connectivity index (χ2n) is 3.98. The maximum absolute atomic E-state index is 6.30. The number of aryl methyl sites for hydroxylation is 2. The summed E-state index contributed by atoms with van der Waals surface area (Å²) in [6.45, 7) is 4.15. The number of benzene rings is 1. The second-order valence-corrected chi connectivity index (χ2v) is 4.39. The van der Waals surface area contributed by atoms with Crippen LogP contribution in [0.5, 0.6) is 5.75 Å². The number of alkyl halides is 1. The van der Waals surface area contributed by atoms with Crippen molar-refractivity contribution in [3.63, 3.8) is 0 Å². The van der Waals surface area contributed by atoms with E-state index in [1.165, 1.54) is 11.1 Å². The lowest BCUT2D eigenvalue weighted by atomic mass is 10.0. The molecule has 3 heteroatoms. The van der Waals surface area contributed by atoms with Gasteiger partial charge in [-0.3, -0.25) is 4.90 Å². The third-order valence-electron chi connectivity index (χ3n) is 2.56. The van der Waals surface area contributed by atoms with E-state index in [0.29, 0.717) is 0 Å². The Morgan fingerprint density at radius 1 is 1.20 bits per heavy atom. The van der Waals surface area contributed by atoms with E-state index in [0.717, 1.165) is 11.3 Å². The van der Waals surface area contributed by atoms with E-state index in [4.69, 9.17) is 16.3 Å². The zero-order valence-electron chi connectivity index (χ0n) is 9.97. The molecule has 15 heavy (non-hydrogen) atoms. The highest BCUT2D eigenvalue weighted by molar-refractivity contribution is 6.20. The highest BCUT2D eigenvalue weighted by atomic mass is 35.5. The second kappa shape index (κ2) is 4.86. The minimum Gasteiger partial charge on any atom is -0.496 e. The Kier molecular flexibility index (Phi) is 4.00. The first-order valence-corrected chi connectivity index (χ1v) is 5.36. The summed E-state index contributed by atoms with van der Waals surface area (Å²) in [7, 11) is 5.57. The van der Waals surface area contributed by atoms with Crippen molar-refractivity contribution in [1.82, 2.24) is 4.90 Å². The molecule has 0 saturated heterocycles. The molecule has 0 fully saturated rings. The van der Waals surface area contributed by atoms with Crippen LogP contribution in [0.2, 0.25) is 0 Å². The van der Waals surface area contributed by atoms with Crippen molar-refractivity contribution < 1.29 is 4.74 Å². The Morgan fingerprint density at radius 2 is 1.73 bits per heavy atom. The van der Waals surface area contributed by atoms with E-state index in [2.05, 4.69) is 19.9 Å². The molecule has 0 spiro atoms. The number of halogens is 1. The van der Waals surface area contributed by atoms with E-state index >= 15 is 0 Å². The van der Waals surface area contributed by atoms with Crippen LogP contribution in [0.1, 0.15) is 22.2 Å². The summed E-state index contributed by atoms with van der Waals surface area (Å²) >= 11 is 6.30.